The van der Waals surface area contributed by atoms with Gasteiger partial charge in [0, 0.05) is 50.4 Å². The van der Waals surface area contributed by atoms with Crippen LogP contribution in [0.5, 0.6) is 0 Å². The van der Waals surface area contributed by atoms with Crippen molar-refractivity contribution in [1.29, 1.82) is 0 Å². The highest BCUT2D eigenvalue weighted by Gasteiger charge is 2.18. The third-order valence-corrected chi connectivity index (χ3v) is 10.6. The Bertz CT molecular complexity index is 3180. The molecule has 0 N–H and O–H groups in total. The van der Waals surface area contributed by atoms with Gasteiger partial charge in [0.1, 0.15) is 0 Å². The Morgan fingerprint density at radius 1 is 0.304 bits per heavy atom. The number of fused-ring (bicyclic) bond motifs is 6. The maximum atomic E-state index is 5.02. The monoisotopic (exact) mass is 716 g/mol. The molecule has 0 radical (unpaired) electrons. The van der Waals surface area contributed by atoms with Gasteiger partial charge in [-0.1, -0.05) is 121 Å². The van der Waals surface area contributed by atoms with Crippen molar-refractivity contribution >= 4 is 43.7 Å². The molecule has 11 aromatic rings. The number of rotatable bonds is 6. The predicted octanol–water partition coefficient (Wildman–Crippen LogP) is 12.1. The standard InChI is InChI=1S/C50H32N6/c1-4-14-33(15-5-1)48-52-49(34-16-6-2-7-17-34)54-50(53-48)37-18-12-21-39(30-37)56-43-23-11-10-22-40(43)42-31-35(26-28-44(42)56)36-25-27-41-46(32-36)55(38-19-8-3-9-20-38)45-24-13-29-51-47(41)45/h1-32H. The largest absolute Gasteiger partial charge is 0.309 e. The minimum absolute atomic E-state index is 0.626. The first-order valence-electron chi connectivity index (χ1n) is 18.7. The first kappa shape index (κ1) is 31.8. The van der Waals surface area contributed by atoms with Gasteiger partial charge < -0.3 is 9.13 Å². The fourth-order valence-electron chi connectivity index (χ4n) is 8.02. The van der Waals surface area contributed by atoms with Gasteiger partial charge in [-0.25, -0.2) is 15.0 Å². The molecular weight excluding hydrogens is 685 g/mol. The molecule has 7 aromatic carbocycles. The van der Waals surface area contributed by atoms with Crippen LogP contribution in [-0.4, -0.2) is 29.1 Å². The Kier molecular flexibility index (Phi) is 7.38. The van der Waals surface area contributed by atoms with Gasteiger partial charge in [0.2, 0.25) is 0 Å². The average molecular weight is 717 g/mol. The average Bonchev–Trinajstić information content (AvgIpc) is 3.79. The summed E-state index contributed by atoms with van der Waals surface area (Å²) in [6, 6.07) is 65.6. The van der Waals surface area contributed by atoms with Crippen molar-refractivity contribution in [2.75, 3.05) is 0 Å². The van der Waals surface area contributed by atoms with E-state index in [1.807, 2.05) is 72.9 Å². The van der Waals surface area contributed by atoms with Crippen LogP contribution in [0.3, 0.4) is 0 Å². The smallest absolute Gasteiger partial charge is 0.164 e. The van der Waals surface area contributed by atoms with Crippen LogP contribution < -0.4 is 0 Å². The minimum Gasteiger partial charge on any atom is -0.309 e. The van der Waals surface area contributed by atoms with Gasteiger partial charge in [-0.05, 0) is 77.9 Å². The molecule has 0 saturated carbocycles. The van der Waals surface area contributed by atoms with E-state index >= 15 is 0 Å². The molecule has 0 unspecified atom stereocenters. The molecule has 11 rings (SSSR count). The van der Waals surface area contributed by atoms with Gasteiger partial charge in [-0.15, -0.1) is 0 Å². The molecule has 0 amide bonds. The van der Waals surface area contributed by atoms with Gasteiger partial charge in [-0.2, -0.15) is 0 Å². The zero-order chi connectivity index (χ0) is 37.0. The summed E-state index contributed by atoms with van der Waals surface area (Å²) in [5.74, 6) is 1.91. The summed E-state index contributed by atoms with van der Waals surface area (Å²) in [6.07, 6.45) is 1.87. The zero-order valence-electron chi connectivity index (χ0n) is 30.2. The fourth-order valence-corrected chi connectivity index (χ4v) is 8.02. The van der Waals surface area contributed by atoms with E-state index in [9.17, 15) is 0 Å². The Labute approximate surface area is 322 Å². The maximum Gasteiger partial charge on any atom is 0.164 e. The van der Waals surface area contributed by atoms with Gasteiger partial charge in [0.25, 0.3) is 0 Å². The van der Waals surface area contributed by atoms with Crippen molar-refractivity contribution in [2.45, 2.75) is 0 Å². The Morgan fingerprint density at radius 2 is 0.857 bits per heavy atom. The van der Waals surface area contributed by atoms with E-state index in [4.69, 9.17) is 19.9 Å². The quantitative estimate of drug-likeness (QED) is 0.172. The molecule has 0 aliphatic heterocycles. The number of nitrogens with zero attached hydrogens (tertiary/aromatic N) is 6. The molecule has 0 bridgehead atoms. The second-order valence-electron chi connectivity index (χ2n) is 13.9. The first-order chi connectivity index (χ1) is 27.8. The number of hydrogen-bond acceptors (Lipinski definition) is 4. The number of pyridine rings is 1. The van der Waals surface area contributed by atoms with Crippen LogP contribution in [0.4, 0.5) is 0 Å². The molecule has 4 heterocycles. The lowest BCUT2D eigenvalue weighted by Gasteiger charge is -2.12. The van der Waals surface area contributed by atoms with Crippen molar-refractivity contribution in [3.05, 3.63) is 194 Å². The van der Waals surface area contributed by atoms with Gasteiger partial charge >= 0.3 is 0 Å². The number of hydrogen-bond donors (Lipinski definition) is 0. The van der Waals surface area contributed by atoms with Crippen LogP contribution in [0.25, 0.3) is 100 Å². The summed E-state index contributed by atoms with van der Waals surface area (Å²) < 4.78 is 4.66. The van der Waals surface area contributed by atoms with E-state index < -0.39 is 0 Å². The summed E-state index contributed by atoms with van der Waals surface area (Å²) in [7, 11) is 0. The first-order valence-corrected chi connectivity index (χ1v) is 18.7. The lowest BCUT2D eigenvalue weighted by molar-refractivity contribution is 1.07. The van der Waals surface area contributed by atoms with E-state index in [1.54, 1.807) is 0 Å². The molecule has 0 aliphatic rings. The topological polar surface area (TPSA) is 61.4 Å². The molecule has 0 fully saturated rings. The molecule has 0 aliphatic carbocycles. The molecule has 56 heavy (non-hydrogen) atoms. The molecule has 6 heteroatoms. The van der Waals surface area contributed by atoms with Crippen molar-refractivity contribution in [3.8, 4) is 56.7 Å². The van der Waals surface area contributed by atoms with Crippen LogP contribution in [0.1, 0.15) is 0 Å². The van der Waals surface area contributed by atoms with Crippen LogP contribution in [-0.2, 0) is 0 Å². The second kappa shape index (κ2) is 13.0. The molecular formula is C50H32N6. The maximum absolute atomic E-state index is 5.02. The molecule has 6 nitrogen and oxygen atoms in total. The van der Waals surface area contributed by atoms with Crippen LogP contribution in [0, 0.1) is 0 Å². The minimum atomic E-state index is 0.626. The lowest BCUT2D eigenvalue weighted by atomic mass is 10.0. The van der Waals surface area contributed by atoms with Gasteiger partial charge in [0.05, 0.1) is 27.6 Å². The number of para-hydroxylation sites is 2. The zero-order valence-corrected chi connectivity index (χ0v) is 30.2. The summed E-state index contributed by atoms with van der Waals surface area (Å²) >= 11 is 0. The van der Waals surface area contributed by atoms with Crippen LogP contribution in [0.15, 0.2) is 194 Å². The summed E-state index contributed by atoms with van der Waals surface area (Å²) in [4.78, 5) is 19.7. The van der Waals surface area contributed by atoms with E-state index in [0.29, 0.717) is 17.5 Å². The fraction of sp³-hybridized carbons (Fsp3) is 0. The van der Waals surface area contributed by atoms with E-state index in [2.05, 4.69) is 130 Å². The summed E-state index contributed by atoms with van der Waals surface area (Å²) in [5.41, 5.74) is 12.7. The Morgan fingerprint density at radius 3 is 1.61 bits per heavy atom. The number of aromatic nitrogens is 6. The SMILES string of the molecule is c1ccc(-c2nc(-c3ccccc3)nc(-c3cccc(-n4c5ccccc5c5cc(-c6ccc7c8ncccc8n(-c8ccccc8)c7c6)ccc54)c3)n2)cc1. The Balaban J connectivity index is 1.06. The lowest BCUT2D eigenvalue weighted by Crippen LogP contribution is -2.01. The molecule has 262 valence electrons. The molecule has 0 atom stereocenters. The number of benzene rings is 7. The summed E-state index contributed by atoms with van der Waals surface area (Å²) in [5, 5.41) is 3.51. The third kappa shape index (κ3) is 5.27. The van der Waals surface area contributed by atoms with E-state index in [-0.39, 0.29) is 0 Å². The van der Waals surface area contributed by atoms with Crippen molar-refractivity contribution < 1.29 is 0 Å². The highest BCUT2D eigenvalue weighted by Crippen LogP contribution is 2.38. The highest BCUT2D eigenvalue weighted by molar-refractivity contribution is 6.11. The van der Waals surface area contributed by atoms with Gasteiger partial charge in [-0.3, -0.25) is 4.98 Å². The summed E-state index contributed by atoms with van der Waals surface area (Å²) in [6.45, 7) is 0. The van der Waals surface area contributed by atoms with Crippen molar-refractivity contribution in [1.82, 2.24) is 29.1 Å². The molecule has 0 saturated heterocycles. The van der Waals surface area contributed by atoms with E-state index in [0.717, 1.165) is 72.2 Å². The predicted molar refractivity (Wildman–Crippen MR) is 228 cm³/mol. The van der Waals surface area contributed by atoms with Crippen molar-refractivity contribution in [2.24, 2.45) is 0 Å². The Hall–Kier alpha value is -7.70. The molecule has 4 aromatic heterocycles. The highest BCUT2D eigenvalue weighted by atomic mass is 15.0. The third-order valence-electron chi connectivity index (χ3n) is 10.6. The second-order valence-corrected chi connectivity index (χ2v) is 13.9. The molecule has 0 spiro atoms. The van der Waals surface area contributed by atoms with Crippen LogP contribution >= 0.6 is 0 Å². The van der Waals surface area contributed by atoms with E-state index in [1.165, 1.54) is 10.8 Å². The van der Waals surface area contributed by atoms with Gasteiger partial charge in [0.15, 0.2) is 17.5 Å². The van der Waals surface area contributed by atoms with Crippen LogP contribution in [0.2, 0.25) is 0 Å². The van der Waals surface area contributed by atoms with Crippen molar-refractivity contribution in [3.63, 3.8) is 0 Å². The normalized spacial score (nSPS) is 11.6.